The van der Waals surface area contributed by atoms with Crippen LogP contribution in [0.1, 0.15) is 32.6 Å². The maximum atomic E-state index is 11.8. The summed E-state index contributed by atoms with van der Waals surface area (Å²) in [4.78, 5) is 36.4. The van der Waals surface area contributed by atoms with Crippen LogP contribution < -0.4 is 5.32 Å². The number of likely N-dealkylation sites (tertiary alicyclic amines) is 1. The maximum Gasteiger partial charge on any atom is 0.409 e. The summed E-state index contributed by atoms with van der Waals surface area (Å²) < 4.78 is 14.8. The second-order valence-electron chi connectivity index (χ2n) is 5.46. The van der Waals surface area contributed by atoms with Gasteiger partial charge in [-0.15, -0.1) is 0 Å². The van der Waals surface area contributed by atoms with E-state index in [1.807, 2.05) is 6.92 Å². The zero-order chi connectivity index (χ0) is 17.9. The average molecular weight is 346 g/mol. The number of piperidine rings is 1. The van der Waals surface area contributed by atoms with Crippen LogP contribution in [0.3, 0.4) is 0 Å². The van der Waals surface area contributed by atoms with Gasteiger partial charge in [0.2, 0.25) is 0 Å². The minimum atomic E-state index is -1.16. The molecule has 0 spiro atoms. The number of nitrogens with one attached hydrogen (secondary N) is 1. The monoisotopic (exact) mass is 346 g/mol. The standard InChI is InChI=1S/C15H26N2O7/c1-3-4-9-23-15(21)17-7-5-11(6-8-17)24-14(20)16-12(10-18)13(19)22-2/h11-12,18H,3-10H2,1-2H3,(H,16,20)/t12-/m0/s1. The van der Waals surface area contributed by atoms with Gasteiger partial charge in [-0.25, -0.2) is 14.4 Å². The molecule has 1 fully saturated rings. The Balaban J connectivity index is 2.31. The number of alkyl carbamates (subject to hydrolysis) is 1. The number of carbonyl (C=O) groups excluding carboxylic acids is 3. The molecule has 0 bridgehead atoms. The van der Waals surface area contributed by atoms with E-state index < -0.39 is 24.7 Å². The molecule has 0 aromatic rings. The number of rotatable bonds is 7. The molecule has 138 valence electrons. The summed E-state index contributed by atoms with van der Waals surface area (Å²) in [7, 11) is 1.16. The van der Waals surface area contributed by atoms with Crippen LogP contribution in [0.25, 0.3) is 0 Å². The summed E-state index contributed by atoms with van der Waals surface area (Å²) in [5.74, 6) is -0.751. The molecule has 2 N–H and O–H groups in total. The lowest BCUT2D eigenvalue weighted by Gasteiger charge is -2.31. The van der Waals surface area contributed by atoms with Gasteiger partial charge in [0.25, 0.3) is 0 Å². The van der Waals surface area contributed by atoms with Gasteiger partial charge in [-0.2, -0.15) is 0 Å². The molecule has 9 nitrogen and oxygen atoms in total. The molecule has 0 saturated carbocycles. The number of aliphatic hydroxyl groups excluding tert-OH is 1. The summed E-state index contributed by atoms with van der Waals surface area (Å²) in [6.45, 7) is 2.71. The smallest absolute Gasteiger partial charge is 0.409 e. The van der Waals surface area contributed by atoms with Crippen molar-refractivity contribution in [3.63, 3.8) is 0 Å². The van der Waals surface area contributed by atoms with Crippen molar-refractivity contribution in [2.75, 3.05) is 33.4 Å². The van der Waals surface area contributed by atoms with Gasteiger partial charge in [-0.3, -0.25) is 0 Å². The van der Waals surface area contributed by atoms with Crippen molar-refractivity contribution in [1.29, 1.82) is 0 Å². The lowest BCUT2D eigenvalue weighted by molar-refractivity contribution is -0.144. The van der Waals surface area contributed by atoms with Crippen LogP contribution in [0.15, 0.2) is 0 Å². The zero-order valence-corrected chi connectivity index (χ0v) is 14.2. The van der Waals surface area contributed by atoms with E-state index in [2.05, 4.69) is 10.1 Å². The molecule has 1 rings (SSSR count). The second kappa shape index (κ2) is 10.7. The summed E-state index contributed by atoms with van der Waals surface area (Å²) in [6.07, 6.45) is 1.25. The Hall–Kier alpha value is -2.03. The third-order valence-electron chi connectivity index (χ3n) is 3.66. The molecular weight excluding hydrogens is 320 g/mol. The Morgan fingerprint density at radius 1 is 1.29 bits per heavy atom. The molecule has 1 aliphatic rings. The van der Waals surface area contributed by atoms with Gasteiger partial charge >= 0.3 is 18.2 Å². The Morgan fingerprint density at radius 3 is 2.50 bits per heavy atom. The predicted molar refractivity (Wildman–Crippen MR) is 83.4 cm³/mol. The van der Waals surface area contributed by atoms with Crippen molar-refractivity contribution in [1.82, 2.24) is 10.2 Å². The lowest BCUT2D eigenvalue weighted by Crippen LogP contribution is -2.47. The van der Waals surface area contributed by atoms with E-state index in [4.69, 9.17) is 14.6 Å². The number of methoxy groups -OCH3 is 1. The molecule has 1 atom stereocenters. The number of amides is 2. The van der Waals surface area contributed by atoms with Crippen molar-refractivity contribution in [2.45, 2.75) is 44.8 Å². The molecular formula is C15H26N2O7. The molecule has 0 unspecified atom stereocenters. The molecule has 1 heterocycles. The Bertz CT molecular complexity index is 422. The molecule has 1 aliphatic heterocycles. The van der Waals surface area contributed by atoms with E-state index in [-0.39, 0.29) is 12.2 Å². The van der Waals surface area contributed by atoms with Crippen molar-refractivity contribution < 1.29 is 33.7 Å². The average Bonchev–Trinajstić information content (AvgIpc) is 2.59. The third-order valence-corrected chi connectivity index (χ3v) is 3.66. The summed E-state index contributed by atoms with van der Waals surface area (Å²) >= 11 is 0. The number of hydrogen-bond donors (Lipinski definition) is 2. The van der Waals surface area contributed by atoms with Crippen LogP contribution in [0.4, 0.5) is 9.59 Å². The van der Waals surface area contributed by atoms with Gasteiger partial charge in [0.05, 0.1) is 20.3 Å². The molecule has 0 radical (unpaired) electrons. The highest BCUT2D eigenvalue weighted by atomic mass is 16.6. The largest absolute Gasteiger partial charge is 0.467 e. The number of ether oxygens (including phenoxy) is 3. The summed E-state index contributed by atoms with van der Waals surface area (Å²) in [5.41, 5.74) is 0. The van der Waals surface area contributed by atoms with Gasteiger partial charge in [-0.05, 0) is 6.42 Å². The molecule has 0 aromatic carbocycles. The van der Waals surface area contributed by atoms with Crippen LogP contribution in [-0.2, 0) is 19.0 Å². The predicted octanol–water partition coefficient (Wildman–Crippen LogP) is 0.648. The van der Waals surface area contributed by atoms with Crippen molar-refractivity contribution in [2.24, 2.45) is 0 Å². The number of carbonyl (C=O) groups is 3. The Morgan fingerprint density at radius 2 is 1.96 bits per heavy atom. The highest BCUT2D eigenvalue weighted by Crippen LogP contribution is 2.15. The lowest BCUT2D eigenvalue weighted by atomic mass is 10.1. The maximum absolute atomic E-state index is 11.8. The number of unbranched alkanes of at least 4 members (excludes halogenated alkanes) is 1. The number of aliphatic hydroxyl groups is 1. The van der Waals surface area contributed by atoms with E-state index in [9.17, 15) is 14.4 Å². The SMILES string of the molecule is CCCCOC(=O)N1CCC(OC(=O)N[C@@H](CO)C(=O)OC)CC1. The van der Waals surface area contributed by atoms with E-state index in [1.54, 1.807) is 4.90 Å². The fourth-order valence-electron chi connectivity index (χ4n) is 2.20. The normalized spacial score (nSPS) is 16.2. The highest BCUT2D eigenvalue weighted by Gasteiger charge is 2.27. The molecule has 2 amide bonds. The van der Waals surface area contributed by atoms with Gasteiger partial charge in [-0.1, -0.05) is 13.3 Å². The van der Waals surface area contributed by atoms with Crippen molar-refractivity contribution >= 4 is 18.2 Å². The van der Waals surface area contributed by atoms with Gasteiger partial charge in [0.15, 0.2) is 6.04 Å². The zero-order valence-electron chi connectivity index (χ0n) is 14.2. The van der Waals surface area contributed by atoms with E-state index in [1.165, 1.54) is 0 Å². The van der Waals surface area contributed by atoms with Crippen LogP contribution in [0, 0.1) is 0 Å². The fraction of sp³-hybridized carbons (Fsp3) is 0.800. The van der Waals surface area contributed by atoms with Crippen LogP contribution in [0.5, 0.6) is 0 Å². The van der Waals surface area contributed by atoms with Gasteiger partial charge < -0.3 is 29.5 Å². The van der Waals surface area contributed by atoms with Crippen molar-refractivity contribution in [3.05, 3.63) is 0 Å². The third kappa shape index (κ3) is 6.61. The number of hydrogen-bond acceptors (Lipinski definition) is 7. The van der Waals surface area contributed by atoms with Crippen LogP contribution in [0.2, 0.25) is 0 Å². The molecule has 9 heteroatoms. The summed E-state index contributed by atoms with van der Waals surface area (Å²) in [6, 6.07) is -1.16. The fourth-order valence-corrected chi connectivity index (χ4v) is 2.20. The minimum Gasteiger partial charge on any atom is -0.467 e. The number of nitrogens with zero attached hydrogens (tertiary/aromatic N) is 1. The van der Waals surface area contributed by atoms with Crippen LogP contribution in [-0.4, -0.2) is 73.7 Å². The molecule has 24 heavy (non-hydrogen) atoms. The quantitative estimate of drug-likeness (QED) is 0.395. The first-order valence-corrected chi connectivity index (χ1v) is 8.09. The van der Waals surface area contributed by atoms with Gasteiger partial charge in [0, 0.05) is 25.9 Å². The van der Waals surface area contributed by atoms with E-state index in [0.29, 0.717) is 32.5 Å². The topological polar surface area (TPSA) is 114 Å². The first-order chi connectivity index (χ1) is 11.5. The van der Waals surface area contributed by atoms with Crippen molar-refractivity contribution in [3.8, 4) is 0 Å². The molecule has 1 saturated heterocycles. The van der Waals surface area contributed by atoms with Crippen LogP contribution >= 0.6 is 0 Å². The first kappa shape index (κ1) is 20.0. The van der Waals surface area contributed by atoms with E-state index >= 15 is 0 Å². The van der Waals surface area contributed by atoms with E-state index in [0.717, 1.165) is 20.0 Å². The molecule has 0 aromatic heterocycles. The summed E-state index contributed by atoms with van der Waals surface area (Å²) in [5, 5.41) is 11.3. The second-order valence-corrected chi connectivity index (χ2v) is 5.46. The number of esters is 1. The minimum absolute atomic E-state index is 0.350. The highest BCUT2D eigenvalue weighted by molar-refractivity contribution is 5.81. The molecule has 0 aliphatic carbocycles. The Labute approximate surface area is 141 Å². The first-order valence-electron chi connectivity index (χ1n) is 8.09. The Kier molecular flexibility index (Phi) is 8.92. The van der Waals surface area contributed by atoms with Gasteiger partial charge in [0.1, 0.15) is 6.10 Å².